The summed E-state index contributed by atoms with van der Waals surface area (Å²) < 4.78 is 0.773. The molecule has 17 heavy (non-hydrogen) atoms. The fourth-order valence-electron chi connectivity index (χ4n) is 1.63. The molecule has 0 fully saturated rings. The lowest BCUT2D eigenvalue weighted by atomic mass is 10.1. The van der Waals surface area contributed by atoms with Crippen LogP contribution in [0.5, 0.6) is 0 Å². The summed E-state index contributed by atoms with van der Waals surface area (Å²) in [5, 5.41) is 4.04. The van der Waals surface area contributed by atoms with Crippen LogP contribution in [0, 0.1) is 0 Å². The van der Waals surface area contributed by atoms with Gasteiger partial charge in [0.15, 0.2) is 0 Å². The van der Waals surface area contributed by atoms with Crippen molar-refractivity contribution in [3.8, 4) is 0 Å². The summed E-state index contributed by atoms with van der Waals surface area (Å²) in [6.45, 7) is 2.89. The molecule has 2 rings (SSSR count). The third-order valence-corrected chi connectivity index (χ3v) is 3.96. The zero-order valence-corrected chi connectivity index (χ0v) is 11.6. The lowest BCUT2D eigenvalue weighted by molar-refractivity contribution is 0.624. The van der Waals surface area contributed by atoms with E-state index in [4.69, 9.17) is 23.2 Å². The Morgan fingerprint density at radius 1 is 1.35 bits per heavy atom. The number of aromatic nitrogens is 1. The summed E-state index contributed by atoms with van der Waals surface area (Å²) in [5.41, 5.74) is 0.842. The molecule has 0 saturated carbocycles. The second kappa shape index (κ2) is 5.83. The van der Waals surface area contributed by atoms with Gasteiger partial charge in [-0.1, -0.05) is 30.1 Å². The minimum atomic E-state index is 0.00574. The number of pyridine rings is 1. The molecule has 0 aliphatic rings. The van der Waals surface area contributed by atoms with Gasteiger partial charge in [-0.2, -0.15) is 0 Å². The molecule has 5 heteroatoms. The third kappa shape index (κ3) is 2.99. The summed E-state index contributed by atoms with van der Waals surface area (Å²) >= 11 is 13.7. The number of rotatable bonds is 4. The fourth-order valence-corrected chi connectivity index (χ4v) is 3.00. The highest BCUT2D eigenvalue weighted by Crippen LogP contribution is 2.32. The van der Waals surface area contributed by atoms with Gasteiger partial charge in [0.1, 0.15) is 0 Å². The molecule has 0 bridgehead atoms. The minimum absolute atomic E-state index is 0.00574. The van der Waals surface area contributed by atoms with Crippen molar-refractivity contribution in [2.24, 2.45) is 0 Å². The van der Waals surface area contributed by atoms with E-state index in [9.17, 15) is 0 Å². The lowest BCUT2D eigenvalue weighted by Gasteiger charge is -2.16. The number of thiophene rings is 1. The zero-order chi connectivity index (χ0) is 12.3. The fraction of sp³-hybridized carbons (Fsp3) is 0.250. The van der Waals surface area contributed by atoms with E-state index in [0.29, 0.717) is 5.02 Å². The quantitative estimate of drug-likeness (QED) is 0.913. The van der Waals surface area contributed by atoms with E-state index in [0.717, 1.165) is 21.5 Å². The van der Waals surface area contributed by atoms with E-state index in [1.807, 2.05) is 24.3 Å². The van der Waals surface area contributed by atoms with Crippen molar-refractivity contribution in [3.63, 3.8) is 0 Å². The average molecular weight is 287 g/mol. The topological polar surface area (TPSA) is 24.9 Å². The molecule has 1 N–H and O–H groups in total. The first-order chi connectivity index (χ1) is 8.22. The number of nitrogens with zero attached hydrogens (tertiary/aromatic N) is 1. The molecule has 0 aliphatic heterocycles. The van der Waals surface area contributed by atoms with Gasteiger partial charge in [-0.25, -0.2) is 0 Å². The second-order valence-electron chi connectivity index (χ2n) is 3.50. The molecule has 0 aliphatic carbocycles. The van der Waals surface area contributed by atoms with Gasteiger partial charge >= 0.3 is 0 Å². The third-order valence-electron chi connectivity index (χ3n) is 2.35. The molecule has 0 aromatic carbocycles. The number of hydrogen-bond donors (Lipinski definition) is 1. The second-order valence-corrected chi connectivity index (χ2v) is 5.66. The number of halogens is 2. The van der Waals surface area contributed by atoms with Crippen molar-refractivity contribution in [1.82, 2.24) is 10.3 Å². The first kappa shape index (κ1) is 12.8. The maximum Gasteiger partial charge on any atom is 0.0931 e. The molecule has 0 amide bonds. The molecule has 2 aromatic heterocycles. The monoisotopic (exact) mass is 286 g/mol. The van der Waals surface area contributed by atoms with Crippen LogP contribution in [0.2, 0.25) is 9.36 Å². The minimum Gasteiger partial charge on any atom is -0.305 e. The Hall–Kier alpha value is -0.610. The van der Waals surface area contributed by atoms with Gasteiger partial charge in [-0.05, 0) is 30.8 Å². The largest absolute Gasteiger partial charge is 0.305 e. The van der Waals surface area contributed by atoms with Crippen LogP contribution in [0.15, 0.2) is 30.5 Å². The normalized spacial score (nSPS) is 12.6. The summed E-state index contributed by atoms with van der Waals surface area (Å²) in [6, 6.07) is 7.58. The smallest absolute Gasteiger partial charge is 0.0931 e. The van der Waals surface area contributed by atoms with Gasteiger partial charge in [0.05, 0.1) is 21.1 Å². The lowest BCUT2D eigenvalue weighted by Crippen LogP contribution is -2.22. The van der Waals surface area contributed by atoms with Gasteiger partial charge < -0.3 is 5.32 Å². The first-order valence-electron chi connectivity index (χ1n) is 5.31. The van der Waals surface area contributed by atoms with Crippen molar-refractivity contribution in [1.29, 1.82) is 0 Å². The Labute approximate surface area is 115 Å². The van der Waals surface area contributed by atoms with E-state index >= 15 is 0 Å². The number of hydrogen-bond acceptors (Lipinski definition) is 3. The van der Waals surface area contributed by atoms with Crippen LogP contribution < -0.4 is 5.32 Å². The van der Waals surface area contributed by atoms with E-state index in [-0.39, 0.29) is 6.04 Å². The van der Waals surface area contributed by atoms with Crippen molar-refractivity contribution < 1.29 is 0 Å². The van der Waals surface area contributed by atoms with E-state index in [1.54, 1.807) is 17.5 Å². The van der Waals surface area contributed by atoms with Crippen LogP contribution in [0.3, 0.4) is 0 Å². The molecule has 2 aromatic rings. The maximum atomic E-state index is 6.18. The van der Waals surface area contributed by atoms with Crippen LogP contribution in [-0.4, -0.2) is 11.5 Å². The Morgan fingerprint density at radius 3 is 2.76 bits per heavy atom. The molecule has 0 saturated heterocycles. The van der Waals surface area contributed by atoms with Crippen LogP contribution in [0.1, 0.15) is 23.5 Å². The van der Waals surface area contributed by atoms with Gasteiger partial charge in [0.25, 0.3) is 0 Å². The molecular weight excluding hydrogens is 275 g/mol. The SMILES string of the molecule is CCNC(c1ccc(Cl)s1)c1ncccc1Cl. The van der Waals surface area contributed by atoms with Gasteiger partial charge in [0, 0.05) is 11.1 Å². The number of nitrogens with one attached hydrogen (secondary N) is 1. The van der Waals surface area contributed by atoms with Crippen LogP contribution in [0.25, 0.3) is 0 Å². The molecule has 2 nitrogen and oxygen atoms in total. The summed E-state index contributed by atoms with van der Waals surface area (Å²) in [4.78, 5) is 5.47. The average Bonchev–Trinajstić information content (AvgIpc) is 2.74. The molecular formula is C12H12Cl2N2S. The van der Waals surface area contributed by atoms with E-state index < -0.39 is 0 Å². The highest BCUT2D eigenvalue weighted by molar-refractivity contribution is 7.16. The van der Waals surface area contributed by atoms with Crippen molar-refractivity contribution in [2.45, 2.75) is 13.0 Å². The molecule has 2 heterocycles. The Balaban J connectivity index is 2.39. The molecule has 1 unspecified atom stereocenters. The van der Waals surface area contributed by atoms with Crippen molar-refractivity contribution in [2.75, 3.05) is 6.54 Å². The zero-order valence-electron chi connectivity index (χ0n) is 9.28. The highest BCUT2D eigenvalue weighted by Gasteiger charge is 2.18. The van der Waals surface area contributed by atoms with Crippen molar-refractivity contribution in [3.05, 3.63) is 50.4 Å². The van der Waals surface area contributed by atoms with E-state index in [2.05, 4.69) is 17.2 Å². The maximum absolute atomic E-state index is 6.18. The molecule has 0 spiro atoms. The van der Waals surface area contributed by atoms with Gasteiger partial charge in [0.2, 0.25) is 0 Å². The Morgan fingerprint density at radius 2 is 2.18 bits per heavy atom. The van der Waals surface area contributed by atoms with E-state index in [1.165, 1.54) is 0 Å². The first-order valence-corrected chi connectivity index (χ1v) is 6.88. The van der Waals surface area contributed by atoms with Gasteiger partial charge in [-0.3, -0.25) is 4.98 Å². The van der Waals surface area contributed by atoms with Gasteiger partial charge in [-0.15, -0.1) is 11.3 Å². The predicted octanol–water partition coefficient (Wildman–Crippen LogP) is 4.15. The Bertz CT molecular complexity index is 499. The standard InChI is InChI=1S/C12H12Cl2N2S/c1-2-15-12(9-5-6-10(14)17-9)11-8(13)4-3-7-16-11/h3-7,12,15H,2H2,1H3. The Kier molecular flexibility index (Phi) is 4.40. The molecule has 0 radical (unpaired) electrons. The van der Waals surface area contributed by atoms with Crippen LogP contribution >= 0.6 is 34.5 Å². The summed E-state index contributed by atoms with van der Waals surface area (Å²) in [7, 11) is 0. The molecule has 90 valence electrons. The summed E-state index contributed by atoms with van der Waals surface area (Å²) in [6.07, 6.45) is 1.75. The summed E-state index contributed by atoms with van der Waals surface area (Å²) in [5.74, 6) is 0. The molecule has 1 atom stereocenters. The van der Waals surface area contributed by atoms with Crippen LogP contribution in [0.4, 0.5) is 0 Å². The highest BCUT2D eigenvalue weighted by atomic mass is 35.5. The predicted molar refractivity (Wildman–Crippen MR) is 74.1 cm³/mol. The van der Waals surface area contributed by atoms with Crippen LogP contribution in [-0.2, 0) is 0 Å². The van der Waals surface area contributed by atoms with Crippen molar-refractivity contribution >= 4 is 34.5 Å².